The van der Waals surface area contributed by atoms with E-state index in [-0.39, 0.29) is 0 Å². The number of nitrogens with one attached hydrogen (secondary N) is 1. The van der Waals surface area contributed by atoms with Gasteiger partial charge >= 0.3 is 0 Å². The van der Waals surface area contributed by atoms with Gasteiger partial charge in [0.15, 0.2) is 0 Å². The number of anilines is 1. The zero-order valence-corrected chi connectivity index (χ0v) is 11.7. The summed E-state index contributed by atoms with van der Waals surface area (Å²) in [6, 6.07) is 5.73. The number of benzene rings is 1. The van der Waals surface area contributed by atoms with Crippen LogP contribution in [0.15, 0.2) is 23.1 Å². The molecule has 0 spiro atoms. The Morgan fingerprint density at radius 3 is 2.79 bits per heavy atom. The van der Waals surface area contributed by atoms with Crippen LogP contribution >= 0.6 is 0 Å². The lowest BCUT2D eigenvalue weighted by atomic mass is 10.1. The predicted molar refractivity (Wildman–Crippen MR) is 72.8 cm³/mol. The van der Waals surface area contributed by atoms with Crippen LogP contribution in [0.2, 0.25) is 0 Å². The van der Waals surface area contributed by atoms with Gasteiger partial charge in [0, 0.05) is 24.8 Å². The molecule has 1 aromatic carbocycles. The summed E-state index contributed by atoms with van der Waals surface area (Å²) in [4.78, 5) is 0.393. The van der Waals surface area contributed by atoms with Gasteiger partial charge in [-0.2, -0.15) is 4.31 Å². The molecule has 1 aromatic rings. The maximum Gasteiger partial charge on any atom is 0.243 e. The number of hydrogen-bond acceptors (Lipinski definition) is 4. The number of fused-ring (bicyclic) bond motifs is 1. The normalized spacial score (nSPS) is 23.9. The number of rotatable bonds is 2. The highest BCUT2D eigenvalue weighted by Gasteiger charge is 2.28. The van der Waals surface area contributed by atoms with Gasteiger partial charge in [0.05, 0.1) is 18.1 Å². The largest absolute Gasteiger partial charge is 0.382 e. The van der Waals surface area contributed by atoms with Gasteiger partial charge in [-0.25, -0.2) is 8.42 Å². The van der Waals surface area contributed by atoms with Crippen LogP contribution in [0.5, 0.6) is 0 Å². The van der Waals surface area contributed by atoms with E-state index in [4.69, 9.17) is 4.74 Å². The lowest BCUT2D eigenvalue weighted by Gasteiger charge is -2.26. The molecule has 0 bridgehead atoms. The molecule has 1 N–H and O–H groups in total. The van der Waals surface area contributed by atoms with Crippen LogP contribution in [0.1, 0.15) is 12.5 Å². The fourth-order valence-corrected chi connectivity index (χ4v) is 4.08. The van der Waals surface area contributed by atoms with Crippen molar-refractivity contribution in [3.05, 3.63) is 23.8 Å². The van der Waals surface area contributed by atoms with Crippen molar-refractivity contribution in [2.24, 2.45) is 0 Å². The monoisotopic (exact) mass is 282 g/mol. The van der Waals surface area contributed by atoms with Crippen molar-refractivity contribution in [3.8, 4) is 0 Å². The molecule has 3 rings (SSSR count). The van der Waals surface area contributed by atoms with Crippen molar-refractivity contribution in [2.75, 3.05) is 31.6 Å². The first-order chi connectivity index (χ1) is 9.07. The van der Waals surface area contributed by atoms with Gasteiger partial charge in [-0.3, -0.25) is 0 Å². The average molecular weight is 282 g/mol. The molecule has 1 atom stereocenters. The molecule has 2 heterocycles. The van der Waals surface area contributed by atoms with E-state index >= 15 is 0 Å². The second kappa shape index (κ2) is 4.77. The fraction of sp³-hybridized carbons (Fsp3) is 0.538. The van der Waals surface area contributed by atoms with Crippen LogP contribution in [0, 0.1) is 0 Å². The Hall–Kier alpha value is -1.11. The number of ether oxygens (including phenoxy) is 1. The Balaban J connectivity index is 1.91. The molecule has 5 nitrogen and oxygen atoms in total. The number of sulfonamides is 1. The molecule has 1 saturated heterocycles. The molecule has 104 valence electrons. The third-order valence-electron chi connectivity index (χ3n) is 3.61. The molecule has 0 amide bonds. The third kappa shape index (κ3) is 2.35. The second-order valence-corrected chi connectivity index (χ2v) is 7.02. The van der Waals surface area contributed by atoms with Crippen molar-refractivity contribution < 1.29 is 13.2 Å². The molecular weight excluding hydrogens is 264 g/mol. The average Bonchev–Trinajstić information content (AvgIpc) is 2.78. The van der Waals surface area contributed by atoms with Gasteiger partial charge in [-0.1, -0.05) is 0 Å². The minimum atomic E-state index is -3.38. The summed E-state index contributed by atoms with van der Waals surface area (Å²) in [6.07, 6.45) is 0.877. The Morgan fingerprint density at radius 2 is 2.05 bits per heavy atom. The molecule has 0 radical (unpaired) electrons. The summed E-state index contributed by atoms with van der Waals surface area (Å²) < 4.78 is 31.7. The second-order valence-electron chi connectivity index (χ2n) is 5.08. The molecule has 6 heteroatoms. The van der Waals surface area contributed by atoms with E-state index in [9.17, 15) is 8.42 Å². The summed E-state index contributed by atoms with van der Waals surface area (Å²) in [7, 11) is -3.38. The topological polar surface area (TPSA) is 58.6 Å². The van der Waals surface area contributed by atoms with E-state index in [1.165, 1.54) is 4.31 Å². The molecule has 0 saturated carbocycles. The fourth-order valence-electron chi connectivity index (χ4n) is 2.62. The van der Waals surface area contributed by atoms with Gasteiger partial charge in [0.2, 0.25) is 10.0 Å². The predicted octanol–water partition coefficient (Wildman–Crippen LogP) is 1.06. The number of hydrogen-bond donors (Lipinski definition) is 1. The maximum atomic E-state index is 12.5. The molecule has 2 aliphatic heterocycles. The van der Waals surface area contributed by atoms with Gasteiger partial charge < -0.3 is 10.1 Å². The zero-order valence-electron chi connectivity index (χ0n) is 10.9. The molecule has 0 aliphatic carbocycles. The van der Waals surface area contributed by atoms with Crippen LogP contribution in [-0.2, 0) is 21.2 Å². The Morgan fingerprint density at radius 1 is 1.32 bits per heavy atom. The van der Waals surface area contributed by atoms with Gasteiger partial charge in [-0.05, 0) is 37.1 Å². The van der Waals surface area contributed by atoms with Crippen LogP contribution in [0.4, 0.5) is 5.69 Å². The minimum absolute atomic E-state index is 0.372. The molecule has 1 fully saturated rings. The van der Waals surface area contributed by atoms with E-state index in [0.29, 0.717) is 37.2 Å². The summed E-state index contributed by atoms with van der Waals surface area (Å²) in [5, 5.41) is 3.33. The van der Waals surface area contributed by atoms with Crippen LogP contribution in [0.3, 0.4) is 0 Å². The number of morpholine rings is 1. The lowest BCUT2D eigenvalue weighted by molar-refractivity contribution is 0.0730. The summed E-state index contributed by atoms with van der Waals surface area (Å²) in [5.41, 5.74) is 2.13. The number of nitrogens with zero attached hydrogens (tertiary/aromatic N) is 1. The van der Waals surface area contributed by atoms with Crippen LogP contribution in [-0.4, -0.2) is 45.1 Å². The van der Waals surface area contributed by atoms with Gasteiger partial charge in [0.1, 0.15) is 0 Å². The van der Waals surface area contributed by atoms with Crippen molar-refractivity contribution in [3.63, 3.8) is 0 Å². The first kappa shape index (κ1) is 12.9. The first-order valence-corrected chi connectivity index (χ1v) is 7.99. The Kier molecular flexibility index (Phi) is 3.24. The summed E-state index contributed by atoms with van der Waals surface area (Å²) >= 11 is 0. The van der Waals surface area contributed by atoms with Gasteiger partial charge in [0.25, 0.3) is 0 Å². The van der Waals surface area contributed by atoms with Gasteiger partial charge in [-0.15, -0.1) is 0 Å². The highest BCUT2D eigenvalue weighted by Crippen LogP contribution is 2.29. The van der Waals surface area contributed by atoms with Crippen LogP contribution < -0.4 is 5.32 Å². The highest BCUT2D eigenvalue weighted by molar-refractivity contribution is 7.89. The SMILES string of the molecule is C[C@H]1Cc2cc(S(=O)(=O)N3CCOCC3)ccc2N1. The van der Waals surface area contributed by atoms with E-state index in [0.717, 1.165) is 17.7 Å². The molecule has 2 aliphatic rings. The Bertz CT molecular complexity index is 580. The van der Waals surface area contributed by atoms with E-state index < -0.39 is 10.0 Å². The van der Waals surface area contributed by atoms with Crippen molar-refractivity contribution in [1.82, 2.24) is 4.31 Å². The smallest absolute Gasteiger partial charge is 0.243 e. The van der Waals surface area contributed by atoms with E-state index in [1.807, 2.05) is 6.07 Å². The van der Waals surface area contributed by atoms with Crippen LogP contribution in [0.25, 0.3) is 0 Å². The molecule has 19 heavy (non-hydrogen) atoms. The molecular formula is C13H18N2O3S. The van der Waals surface area contributed by atoms with Crippen molar-refractivity contribution in [2.45, 2.75) is 24.3 Å². The lowest BCUT2D eigenvalue weighted by Crippen LogP contribution is -2.40. The van der Waals surface area contributed by atoms with E-state index in [2.05, 4.69) is 12.2 Å². The molecule has 0 aromatic heterocycles. The van der Waals surface area contributed by atoms with E-state index in [1.54, 1.807) is 12.1 Å². The standard InChI is InChI=1S/C13H18N2O3S/c1-10-8-11-9-12(2-3-13(11)14-10)19(16,17)15-4-6-18-7-5-15/h2-3,9-10,14H,4-8H2,1H3/t10-/m0/s1. The zero-order chi connectivity index (χ0) is 13.5. The summed E-state index contributed by atoms with van der Waals surface area (Å²) in [5.74, 6) is 0. The quantitative estimate of drug-likeness (QED) is 0.881. The summed E-state index contributed by atoms with van der Waals surface area (Å²) in [6.45, 7) is 3.92. The Labute approximate surface area is 113 Å². The third-order valence-corrected chi connectivity index (χ3v) is 5.51. The van der Waals surface area contributed by atoms with Crippen molar-refractivity contribution >= 4 is 15.7 Å². The minimum Gasteiger partial charge on any atom is -0.382 e. The maximum absolute atomic E-state index is 12.5. The van der Waals surface area contributed by atoms with Crippen molar-refractivity contribution in [1.29, 1.82) is 0 Å². The molecule has 0 unspecified atom stereocenters. The first-order valence-electron chi connectivity index (χ1n) is 6.55. The highest BCUT2D eigenvalue weighted by atomic mass is 32.2.